The summed E-state index contributed by atoms with van der Waals surface area (Å²) in [4.78, 5) is 50.9. The number of aryl methyl sites for hydroxylation is 1. The molecular formula is C22H29N3O4. The Kier molecular flexibility index (Phi) is 6.05. The lowest BCUT2D eigenvalue weighted by Crippen LogP contribution is -2.49. The predicted molar refractivity (Wildman–Crippen MR) is 108 cm³/mol. The van der Waals surface area contributed by atoms with Gasteiger partial charge >= 0.3 is 0 Å². The second-order valence-electron chi connectivity index (χ2n) is 8.55. The van der Waals surface area contributed by atoms with Gasteiger partial charge in [-0.25, -0.2) is 0 Å². The number of hydrogen-bond acceptors (Lipinski definition) is 4. The molecule has 1 aromatic carbocycles. The third-order valence-corrected chi connectivity index (χ3v) is 5.88. The number of rotatable bonds is 8. The Hall–Kier alpha value is -2.70. The Labute approximate surface area is 171 Å². The van der Waals surface area contributed by atoms with Crippen LogP contribution in [0.4, 0.5) is 0 Å². The van der Waals surface area contributed by atoms with Gasteiger partial charge in [-0.2, -0.15) is 0 Å². The third kappa shape index (κ3) is 4.33. The van der Waals surface area contributed by atoms with Crippen LogP contribution in [-0.4, -0.2) is 48.2 Å². The maximum atomic E-state index is 12.5. The van der Waals surface area contributed by atoms with Crippen LogP contribution in [0.5, 0.6) is 0 Å². The number of amides is 4. The highest BCUT2D eigenvalue weighted by atomic mass is 16.2. The molecule has 1 fully saturated rings. The van der Waals surface area contributed by atoms with E-state index >= 15 is 0 Å². The molecule has 0 aromatic heterocycles. The van der Waals surface area contributed by atoms with Gasteiger partial charge in [0.25, 0.3) is 11.8 Å². The van der Waals surface area contributed by atoms with Crippen molar-refractivity contribution in [3.05, 3.63) is 34.9 Å². The summed E-state index contributed by atoms with van der Waals surface area (Å²) >= 11 is 0. The number of imide groups is 1. The Balaban J connectivity index is 1.45. The van der Waals surface area contributed by atoms with E-state index in [4.69, 9.17) is 0 Å². The molecule has 0 bridgehead atoms. The van der Waals surface area contributed by atoms with Gasteiger partial charge in [-0.1, -0.05) is 18.1 Å². The molecule has 2 aliphatic rings. The molecule has 0 spiro atoms. The highest BCUT2D eigenvalue weighted by Gasteiger charge is 2.37. The summed E-state index contributed by atoms with van der Waals surface area (Å²) < 4.78 is 0. The second-order valence-corrected chi connectivity index (χ2v) is 8.55. The van der Waals surface area contributed by atoms with Crippen LogP contribution in [0.2, 0.25) is 0 Å². The number of nitrogens with one attached hydrogen (secondary N) is 2. The number of benzene rings is 1. The van der Waals surface area contributed by atoms with E-state index in [1.54, 1.807) is 26.0 Å². The van der Waals surface area contributed by atoms with Crippen molar-refractivity contribution in [2.24, 2.45) is 11.3 Å². The topological polar surface area (TPSA) is 95.6 Å². The normalized spacial score (nSPS) is 16.4. The number of hydrogen-bond donors (Lipinski definition) is 2. The fraction of sp³-hybridized carbons (Fsp3) is 0.545. The zero-order valence-electron chi connectivity index (χ0n) is 17.3. The van der Waals surface area contributed by atoms with E-state index in [2.05, 4.69) is 10.6 Å². The molecular weight excluding hydrogens is 370 g/mol. The van der Waals surface area contributed by atoms with Gasteiger partial charge in [-0.3, -0.25) is 24.1 Å². The van der Waals surface area contributed by atoms with Gasteiger partial charge in [0.2, 0.25) is 11.8 Å². The lowest BCUT2D eigenvalue weighted by atomic mass is 9.84. The van der Waals surface area contributed by atoms with Gasteiger partial charge < -0.3 is 10.6 Å². The van der Waals surface area contributed by atoms with E-state index in [0.29, 0.717) is 30.0 Å². The average molecular weight is 399 g/mol. The summed E-state index contributed by atoms with van der Waals surface area (Å²) in [5.74, 6) is -0.705. The minimum atomic E-state index is -1.17. The summed E-state index contributed by atoms with van der Waals surface area (Å²) in [6, 6.07) is 5.21. The molecule has 156 valence electrons. The maximum absolute atomic E-state index is 12.5. The van der Waals surface area contributed by atoms with E-state index in [0.717, 1.165) is 18.4 Å². The van der Waals surface area contributed by atoms with Crippen LogP contribution < -0.4 is 10.6 Å². The fourth-order valence-corrected chi connectivity index (χ4v) is 3.53. The first-order valence-electron chi connectivity index (χ1n) is 10.2. The zero-order valence-corrected chi connectivity index (χ0v) is 17.3. The smallest absolute Gasteiger partial charge is 0.261 e. The molecule has 1 aromatic rings. The lowest BCUT2D eigenvalue weighted by molar-refractivity contribution is -0.141. The summed E-state index contributed by atoms with van der Waals surface area (Å²) in [5.41, 5.74) is 0.616. The highest BCUT2D eigenvalue weighted by molar-refractivity contribution is 6.21. The molecule has 2 N–H and O–H groups in total. The van der Waals surface area contributed by atoms with E-state index < -0.39 is 5.41 Å². The van der Waals surface area contributed by atoms with E-state index in [1.807, 2.05) is 13.0 Å². The van der Waals surface area contributed by atoms with Crippen LogP contribution in [0.25, 0.3) is 0 Å². The first kappa shape index (κ1) is 21.0. The van der Waals surface area contributed by atoms with Crippen LogP contribution in [0.3, 0.4) is 0 Å². The van der Waals surface area contributed by atoms with E-state index in [-0.39, 0.29) is 36.7 Å². The van der Waals surface area contributed by atoms with Crippen molar-refractivity contribution in [2.75, 3.05) is 19.6 Å². The lowest BCUT2D eigenvalue weighted by Gasteiger charge is -2.28. The largest absolute Gasteiger partial charge is 0.355 e. The Morgan fingerprint density at radius 2 is 1.72 bits per heavy atom. The quantitative estimate of drug-likeness (QED) is 0.397. The van der Waals surface area contributed by atoms with Gasteiger partial charge in [-0.15, -0.1) is 0 Å². The minimum absolute atomic E-state index is 0.222. The van der Waals surface area contributed by atoms with Crippen molar-refractivity contribution in [2.45, 2.75) is 46.5 Å². The van der Waals surface area contributed by atoms with Crippen LogP contribution in [0.1, 0.15) is 65.8 Å². The molecule has 29 heavy (non-hydrogen) atoms. The summed E-state index contributed by atoms with van der Waals surface area (Å²) in [6.07, 6.45) is 3.89. The van der Waals surface area contributed by atoms with Crippen molar-refractivity contribution in [3.63, 3.8) is 0 Å². The predicted octanol–water partition coefficient (Wildman–Crippen LogP) is 2.04. The standard InChI is InChI=1S/C22H29N3O4/c1-14-8-9-16-17(12-14)19(27)25(18(16)26)11-5-10-23-20(28)22(2,3)21(29)24-13-15-6-4-7-15/h8-9,12,15H,4-7,10-11,13H2,1-3H3,(H,23,28)(H,24,29). The molecule has 0 atom stereocenters. The van der Waals surface area contributed by atoms with Gasteiger partial charge in [0.1, 0.15) is 5.41 Å². The fourth-order valence-electron chi connectivity index (χ4n) is 3.53. The second kappa shape index (κ2) is 8.35. The average Bonchev–Trinajstić information content (AvgIpc) is 2.87. The molecule has 1 aliphatic heterocycles. The molecule has 0 unspecified atom stereocenters. The van der Waals surface area contributed by atoms with Crippen LogP contribution in [0.15, 0.2) is 18.2 Å². The van der Waals surface area contributed by atoms with Crippen molar-refractivity contribution in [1.29, 1.82) is 0 Å². The summed E-state index contributed by atoms with van der Waals surface area (Å²) in [5, 5.41) is 5.62. The van der Waals surface area contributed by atoms with E-state index in [9.17, 15) is 19.2 Å². The monoisotopic (exact) mass is 399 g/mol. The van der Waals surface area contributed by atoms with Crippen molar-refractivity contribution < 1.29 is 19.2 Å². The van der Waals surface area contributed by atoms with Gasteiger partial charge in [-0.05, 0) is 58.1 Å². The summed E-state index contributed by atoms with van der Waals surface area (Å²) in [6.45, 7) is 6.20. The van der Waals surface area contributed by atoms with Crippen LogP contribution in [-0.2, 0) is 9.59 Å². The molecule has 7 heteroatoms. The number of nitrogens with zero attached hydrogens (tertiary/aromatic N) is 1. The number of carbonyl (C=O) groups is 4. The van der Waals surface area contributed by atoms with Crippen molar-refractivity contribution in [3.8, 4) is 0 Å². The molecule has 1 aliphatic carbocycles. The minimum Gasteiger partial charge on any atom is -0.355 e. The Morgan fingerprint density at radius 1 is 1.07 bits per heavy atom. The molecule has 1 saturated carbocycles. The van der Waals surface area contributed by atoms with Gasteiger partial charge in [0.05, 0.1) is 11.1 Å². The molecule has 3 rings (SSSR count). The Morgan fingerprint density at radius 3 is 2.38 bits per heavy atom. The number of carbonyl (C=O) groups excluding carboxylic acids is 4. The number of fused-ring (bicyclic) bond motifs is 1. The van der Waals surface area contributed by atoms with E-state index in [1.165, 1.54) is 11.3 Å². The Bertz CT molecular complexity index is 842. The first-order chi connectivity index (χ1) is 13.7. The zero-order chi connectivity index (χ0) is 21.2. The first-order valence-corrected chi connectivity index (χ1v) is 10.2. The molecule has 0 radical (unpaired) electrons. The van der Waals surface area contributed by atoms with Crippen molar-refractivity contribution >= 4 is 23.6 Å². The van der Waals surface area contributed by atoms with Gasteiger partial charge in [0.15, 0.2) is 0 Å². The van der Waals surface area contributed by atoms with Gasteiger partial charge in [0, 0.05) is 19.6 Å². The molecule has 7 nitrogen and oxygen atoms in total. The highest BCUT2D eigenvalue weighted by Crippen LogP contribution is 2.26. The van der Waals surface area contributed by atoms with Crippen LogP contribution >= 0.6 is 0 Å². The maximum Gasteiger partial charge on any atom is 0.261 e. The molecule has 0 saturated heterocycles. The van der Waals surface area contributed by atoms with Crippen molar-refractivity contribution in [1.82, 2.24) is 15.5 Å². The SMILES string of the molecule is Cc1ccc2c(c1)C(=O)N(CCCNC(=O)C(C)(C)C(=O)NCC1CCC1)C2=O. The summed E-state index contributed by atoms with van der Waals surface area (Å²) in [7, 11) is 0. The third-order valence-electron chi connectivity index (χ3n) is 5.88. The van der Waals surface area contributed by atoms with Crippen LogP contribution in [0, 0.1) is 18.3 Å². The molecule has 4 amide bonds. The molecule has 1 heterocycles.